The first-order valence-electron chi connectivity index (χ1n) is 5.57. The number of nitrogens with two attached hydrogens (primary N) is 1. The Hall–Kier alpha value is -2.63. The second-order valence-electron chi connectivity index (χ2n) is 4.18. The van der Waals surface area contributed by atoms with Crippen LogP contribution in [-0.4, -0.2) is 10.2 Å². The molecule has 0 aliphatic rings. The number of nitrogens with one attached hydrogen (secondary N) is 2. The number of rotatable bonds is 2. The fraction of sp³-hybridized carbons (Fsp3) is 0. The summed E-state index contributed by atoms with van der Waals surface area (Å²) in [6, 6.07) is 6.67. The molecule has 0 fully saturated rings. The zero-order valence-electron chi connectivity index (χ0n) is 9.74. The molecule has 0 radical (unpaired) electrons. The first kappa shape index (κ1) is 11.5. The van der Waals surface area contributed by atoms with Gasteiger partial charge in [-0.1, -0.05) is 0 Å². The second-order valence-corrected chi connectivity index (χ2v) is 4.18. The van der Waals surface area contributed by atoms with Gasteiger partial charge in [0.05, 0.1) is 23.1 Å². The van der Waals surface area contributed by atoms with Crippen LogP contribution < -0.4 is 11.1 Å². The zero-order chi connectivity index (χ0) is 13.4. The van der Waals surface area contributed by atoms with Gasteiger partial charge in [0.15, 0.2) is 0 Å². The molecule has 0 aliphatic carbocycles. The van der Waals surface area contributed by atoms with Crippen LogP contribution in [0.25, 0.3) is 10.9 Å². The molecule has 0 saturated heterocycles. The van der Waals surface area contributed by atoms with Crippen molar-refractivity contribution in [1.29, 1.82) is 0 Å². The van der Waals surface area contributed by atoms with E-state index in [4.69, 9.17) is 5.73 Å². The number of hydrogen-bond donors (Lipinski definition) is 3. The van der Waals surface area contributed by atoms with Crippen molar-refractivity contribution in [2.24, 2.45) is 0 Å². The lowest BCUT2D eigenvalue weighted by atomic mass is 10.2. The van der Waals surface area contributed by atoms with Gasteiger partial charge in [-0.15, -0.1) is 0 Å². The lowest BCUT2D eigenvalue weighted by molar-refractivity contribution is 0.584. The predicted octanol–water partition coefficient (Wildman–Crippen LogP) is 3.17. The van der Waals surface area contributed by atoms with Crippen molar-refractivity contribution in [1.82, 2.24) is 10.2 Å². The average Bonchev–Trinajstić information content (AvgIpc) is 2.75. The number of halogens is 2. The molecule has 0 saturated carbocycles. The van der Waals surface area contributed by atoms with Crippen molar-refractivity contribution in [3.63, 3.8) is 0 Å². The summed E-state index contributed by atoms with van der Waals surface area (Å²) in [5.41, 5.74) is 7.99. The summed E-state index contributed by atoms with van der Waals surface area (Å²) >= 11 is 0. The largest absolute Gasteiger partial charge is 0.397 e. The van der Waals surface area contributed by atoms with Gasteiger partial charge in [0.1, 0.15) is 11.6 Å². The number of anilines is 3. The minimum atomic E-state index is -0.649. The number of H-pyrrole nitrogens is 1. The second kappa shape index (κ2) is 4.24. The number of aromatic amines is 1. The molecule has 3 aromatic rings. The number of hydrogen-bond acceptors (Lipinski definition) is 3. The lowest BCUT2D eigenvalue weighted by Gasteiger charge is -2.09. The SMILES string of the molecule is Nc1cc2cn[nH]c2cc1Nc1cc(F)cc(F)c1. The van der Waals surface area contributed by atoms with Crippen molar-refractivity contribution in [2.45, 2.75) is 0 Å². The maximum Gasteiger partial charge on any atom is 0.128 e. The summed E-state index contributed by atoms with van der Waals surface area (Å²) in [6.07, 6.45) is 1.65. The van der Waals surface area contributed by atoms with Crippen molar-refractivity contribution < 1.29 is 8.78 Å². The maximum absolute atomic E-state index is 13.1. The number of benzene rings is 2. The number of nitrogen functional groups attached to an aromatic ring is 1. The molecule has 0 aliphatic heterocycles. The van der Waals surface area contributed by atoms with Crippen molar-refractivity contribution in [2.75, 3.05) is 11.1 Å². The maximum atomic E-state index is 13.1. The third-order valence-electron chi connectivity index (χ3n) is 2.75. The van der Waals surface area contributed by atoms with Crippen LogP contribution >= 0.6 is 0 Å². The van der Waals surface area contributed by atoms with Crippen molar-refractivity contribution in [3.05, 3.63) is 48.2 Å². The Balaban J connectivity index is 2.02. The fourth-order valence-electron chi connectivity index (χ4n) is 1.90. The molecule has 0 spiro atoms. The van der Waals surface area contributed by atoms with Crippen LogP contribution in [0.15, 0.2) is 36.5 Å². The minimum Gasteiger partial charge on any atom is -0.397 e. The van der Waals surface area contributed by atoms with Crippen molar-refractivity contribution in [3.8, 4) is 0 Å². The fourth-order valence-corrected chi connectivity index (χ4v) is 1.90. The van der Waals surface area contributed by atoms with E-state index in [0.29, 0.717) is 17.1 Å². The van der Waals surface area contributed by atoms with E-state index in [-0.39, 0.29) is 0 Å². The summed E-state index contributed by atoms with van der Waals surface area (Å²) in [7, 11) is 0. The predicted molar refractivity (Wildman–Crippen MR) is 70.1 cm³/mol. The zero-order valence-corrected chi connectivity index (χ0v) is 9.74. The smallest absolute Gasteiger partial charge is 0.128 e. The molecule has 0 unspecified atom stereocenters. The van der Waals surface area contributed by atoms with Gasteiger partial charge in [-0.3, -0.25) is 5.10 Å². The highest BCUT2D eigenvalue weighted by atomic mass is 19.1. The van der Waals surface area contributed by atoms with E-state index in [1.165, 1.54) is 12.1 Å². The lowest BCUT2D eigenvalue weighted by Crippen LogP contribution is -1.97. The van der Waals surface area contributed by atoms with Crippen molar-refractivity contribution >= 4 is 28.0 Å². The van der Waals surface area contributed by atoms with Crippen LogP contribution in [0.5, 0.6) is 0 Å². The molecular formula is C13H10F2N4. The van der Waals surface area contributed by atoms with E-state index in [0.717, 1.165) is 17.0 Å². The van der Waals surface area contributed by atoms with Gasteiger partial charge >= 0.3 is 0 Å². The number of aromatic nitrogens is 2. The van der Waals surface area contributed by atoms with Gasteiger partial charge in [0.25, 0.3) is 0 Å². The molecule has 3 rings (SSSR count). The third-order valence-corrected chi connectivity index (χ3v) is 2.75. The average molecular weight is 260 g/mol. The van der Waals surface area contributed by atoms with Gasteiger partial charge in [-0.25, -0.2) is 8.78 Å². The Morgan fingerprint density at radius 2 is 1.79 bits per heavy atom. The molecule has 1 aromatic heterocycles. The molecule has 19 heavy (non-hydrogen) atoms. The quantitative estimate of drug-likeness (QED) is 0.620. The molecular weight excluding hydrogens is 250 g/mol. The molecule has 0 bridgehead atoms. The highest BCUT2D eigenvalue weighted by Gasteiger charge is 2.06. The summed E-state index contributed by atoms with van der Waals surface area (Å²) in [4.78, 5) is 0. The number of nitrogens with zero attached hydrogens (tertiary/aromatic N) is 1. The first-order valence-corrected chi connectivity index (χ1v) is 5.57. The highest BCUT2D eigenvalue weighted by molar-refractivity contribution is 5.89. The molecule has 1 heterocycles. The molecule has 4 nitrogen and oxygen atoms in total. The number of fused-ring (bicyclic) bond motifs is 1. The molecule has 4 N–H and O–H groups in total. The van der Waals surface area contributed by atoms with E-state index in [1.807, 2.05) is 0 Å². The Kier molecular flexibility index (Phi) is 2.56. The van der Waals surface area contributed by atoms with E-state index >= 15 is 0 Å². The van der Waals surface area contributed by atoms with Crippen LogP contribution in [0, 0.1) is 11.6 Å². The Morgan fingerprint density at radius 1 is 1.05 bits per heavy atom. The molecule has 96 valence electrons. The Morgan fingerprint density at radius 3 is 2.53 bits per heavy atom. The molecule has 2 aromatic carbocycles. The minimum absolute atomic E-state index is 0.295. The van der Waals surface area contributed by atoms with Gasteiger partial charge in [-0.05, 0) is 24.3 Å². The van der Waals surface area contributed by atoms with E-state index in [2.05, 4.69) is 15.5 Å². The standard InChI is InChI=1S/C13H10F2N4/c14-8-2-9(15)4-10(3-8)18-13-5-12-7(1-11(13)16)6-17-19-12/h1-6,18H,16H2,(H,17,19). The summed E-state index contributed by atoms with van der Waals surface area (Å²) in [5.74, 6) is -1.30. The molecule has 0 amide bonds. The van der Waals surface area contributed by atoms with E-state index < -0.39 is 11.6 Å². The summed E-state index contributed by atoms with van der Waals surface area (Å²) < 4.78 is 26.2. The van der Waals surface area contributed by atoms with Crippen LogP contribution in [0.2, 0.25) is 0 Å². The van der Waals surface area contributed by atoms with E-state index in [9.17, 15) is 8.78 Å². The normalized spacial score (nSPS) is 10.8. The van der Waals surface area contributed by atoms with Crippen LogP contribution in [0.3, 0.4) is 0 Å². The van der Waals surface area contributed by atoms with Gasteiger partial charge < -0.3 is 11.1 Å². The summed E-state index contributed by atoms with van der Waals surface area (Å²) in [6.45, 7) is 0. The monoisotopic (exact) mass is 260 g/mol. The van der Waals surface area contributed by atoms with Gasteiger partial charge in [-0.2, -0.15) is 5.10 Å². The first-order chi connectivity index (χ1) is 9.11. The van der Waals surface area contributed by atoms with Gasteiger partial charge in [0, 0.05) is 17.1 Å². The Bertz CT molecular complexity index is 731. The summed E-state index contributed by atoms with van der Waals surface area (Å²) in [5, 5.41) is 10.4. The van der Waals surface area contributed by atoms with Crippen LogP contribution in [-0.2, 0) is 0 Å². The van der Waals surface area contributed by atoms with Gasteiger partial charge in [0.2, 0.25) is 0 Å². The van der Waals surface area contributed by atoms with E-state index in [1.54, 1.807) is 18.3 Å². The Labute approximate surface area is 107 Å². The van der Waals surface area contributed by atoms with Crippen LogP contribution in [0.4, 0.5) is 25.8 Å². The molecule has 6 heteroatoms. The molecule has 0 atom stereocenters. The topological polar surface area (TPSA) is 66.7 Å². The van der Waals surface area contributed by atoms with Crippen LogP contribution in [0.1, 0.15) is 0 Å². The third kappa shape index (κ3) is 2.20. The highest BCUT2D eigenvalue weighted by Crippen LogP contribution is 2.28.